The maximum absolute atomic E-state index is 10.7. The van der Waals surface area contributed by atoms with E-state index in [9.17, 15) is 10.1 Å². The zero-order valence-electron chi connectivity index (χ0n) is 8.01. The largest absolute Gasteiger partial charge is 0.272 e. The second kappa shape index (κ2) is 3.78. The van der Waals surface area contributed by atoms with Gasteiger partial charge < -0.3 is 0 Å². The van der Waals surface area contributed by atoms with Gasteiger partial charge in [0.1, 0.15) is 0 Å². The first kappa shape index (κ1) is 9.79. The monoisotopic (exact) mass is 220 g/mol. The van der Waals surface area contributed by atoms with Crippen molar-refractivity contribution in [2.75, 3.05) is 0 Å². The fraction of sp³-hybridized carbons (Fsp3) is 0.100. The number of aromatic nitrogens is 1. The first-order valence-corrected chi connectivity index (χ1v) is 5.26. The molecule has 0 amide bonds. The Morgan fingerprint density at radius 2 is 2.27 bits per heavy atom. The van der Waals surface area contributed by atoms with Crippen LogP contribution in [0.2, 0.25) is 0 Å². The lowest BCUT2D eigenvalue weighted by Crippen LogP contribution is -1.92. The summed E-state index contributed by atoms with van der Waals surface area (Å²) in [6.45, 7) is 1.73. The van der Waals surface area contributed by atoms with Gasteiger partial charge in [0, 0.05) is 22.6 Å². The van der Waals surface area contributed by atoms with Gasteiger partial charge in [0.15, 0.2) is 0 Å². The van der Waals surface area contributed by atoms with E-state index in [4.69, 9.17) is 0 Å². The standard InChI is InChI=1S/C10H8N2O2S/c1-7-2-3-8(4-10(7)12(13)14)9-5-15-6-11-9/h2-6H,1H3. The topological polar surface area (TPSA) is 56.0 Å². The minimum absolute atomic E-state index is 0.139. The van der Waals surface area contributed by atoms with Gasteiger partial charge in [0.2, 0.25) is 0 Å². The Bertz CT molecular complexity index is 494. The number of hydrogen-bond donors (Lipinski definition) is 0. The van der Waals surface area contributed by atoms with Gasteiger partial charge in [-0.1, -0.05) is 12.1 Å². The van der Waals surface area contributed by atoms with E-state index in [1.165, 1.54) is 11.3 Å². The van der Waals surface area contributed by atoms with E-state index in [-0.39, 0.29) is 10.6 Å². The Morgan fingerprint density at radius 1 is 1.47 bits per heavy atom. The van der Waals surface area contributed by atoms with Crippen molar-refractivity contribution in [3.05, 3.63) is 44.8 Å². The number of rotatable bonds is 2. The molecule has 2 rings (SSSR count). The number of nitro groups is 1. The van der Waals surface area contributed by atoms with Crippen molar-refractivity contribution in [1.82, 2.24) is 4.98 Å². The lowest BCUT2D eigenvalue weighted by molar-refractivity contribution is -0.385. The fourth-order valence-electron chi connectivity index (χ4n) is 1.32. The molecule has 1 heterocycles. The van der Waals surface area contributed by atoms with Gasteiger partial charge in [-0.05, 0) is 6.92 Å². The summed E-state index contributed by atoms with van der Waals surface area (Å²) in [5.74, 6) is 0. The summed E-state index contributed by atoms with van der Waals surface area (Å²) >= 11 is 1.47. The van der Waals surface area contributed by atoms with Crippen LogP contribution < -0.4 is 0 Å². The SMILES string of the molecule is Cc1ccc(-c2cscn2)cc1[N+](=O)[O-]. The summed E-state index contributed by atoms with van der Waals surface area (Å²) in [6.07, 6.45) is 0. The summed E-state index contributed by atoms with van der Waals surface area (Å²) < 4.78 is 0. The van der Waals surface area contributed by atoms with E-state index in [0.717, 1.165) is 11.3 Å². The Morgan fingerprint density at radius 3 is 2.87 bits per heavy atom. The van der Waals surface area contributed by atoms with Gasteiger partial charge in [0.25, 0.3) is 5.69 Å². The number of thiazole rings is 1. The molecule has 0 bridgehead atoms. The minimum atomic E-state index is -0.370. The van der Waals surface area contributed by atoms with Crippen molar-refractivity contribution in [2.45, 2.75) is 6.92 Å². The summed E-state index contributed by atoms with van der Waals surface area (Å²) in [7, 11) is 0. The molecular formula is C10H8N2O2S. The third-order valence-electron chi connectivity index (χ3n) is 2.13. The van der Waals surface area contributed by atoms with E-state index in [0.29, 0.717) is 5.56 Å². The summed E-state index contributed by atoms with van der Waals surface area (Å²) in [5.41, 5.74) is 4.08. The molecule has 76 valence electrons. The molecule has 0 unspecified atom stereocenters. The van der Waals surface area contributed by atoms with Crippen molar-refractivity contribution in [2.24, 2.45) is 0 Å². The molecule has 0 atom stereocenters. The maximum atomic E-state index is 10.7. The smallest absolute Gasteiger partial charge is 0.258 e. The number of hydrogen-bond acceptors (Lipinski definition) is 4. The van der Waals surface area contributed by atoms with Crippen LogP contribution >= 0.6 is 11.3 Å². The van der Waals surface area contributed by atoms with Crippen molar-refractivity contribution in [3.63, 3.8) is 0 Å². The van der Waals surface area contributed by atoms with Gasteiger partial charge in [-0.25, -0.2) is 4.98 Å². The number of nitro benzene ring substituents is 1. The molecule has 2 aromatic rings. The lowest BCUT2D eigenvalue weighted by Gasteiger charge is -1.99. The molecule has 5 heteroatoms. The average molecular weight is 220 g/mol. The van der Waals surface area contributed by atoms with Gasteiger partial charge in [-0.15, -0.1) is 11.3 Å². The molecule has 0 aliphatic carbocycles. The maximum Gasteiger partial charge on any atom is 0.272 e. The van der Waals surface area contributed by atoms with E-state index in [2.05, 4.69) is 4.98 Å². The Hall–Kier alpha value is -1.75. The van der Waals surface area contributed by atoms with Crippen LogP contribution in [0.3, 0.4) is 0 Å². The molecule has 0 N–H and O–H groups in total. The molecule has 15 heavy (non-hydrogen) atoms. The highest BCUT2D eigenvalue weighted by Crippen LogP contribution is 2.26. The molecule has 0 radical (unpaired) electrons. The van der Waals surface area contributed by atoms with Crippen LogP contribution in [0, 0.1) is 17.0 Å². The molecule has 0 fully saturated rings. The van der Waals surface area contributed by atoms with Crippen LogP contribution in [0.1, 0.15) is 5.56 Å². The van der Waals surface area contributed by atoms with Crippen molar-refractivity contribution < 1.29 is 4.92 Å². The highest BCUT2D eigenvalue weighted by molar-refractivity contribution is 7.07. The van der Waals surface area contributed by atoms with Gasteiger partial charge in [-0.3, -0.25) is 10.1 Å². The van der Waals surface area contributed by atoms with E-state index in [1.54, 1.807) is 24.6 Å². The van der Waals surface area contributed by atoms with Crippen LogP contribution in [0.4, 0.5) is 5.69 Å². The molecule has 1 aromatic carbocycles. The van der Waals surface area contributed by atoms with Crippen molar-refractivity contribution in [3.8, 4) is 11.3 Å². The second-order valence-corrected chi connectivity index (χ2v) is 3.85. The van der Waals surface area contributed by atoms with Crippen LogP contribution in [0.5, 0.6) is 0 Å². The molecule has 0 saturated heterocycles. The summed E-state index contributed by atoms with van der Waals surface area (Å²) in [4.78, 5) is 14.5. The molecule has 4 nitrogen and oxygen atoms in total. The van der Waals surface area contributed by atoms with E-state index < -0.39 is 0 Å². The van der Waals surface area contributed by atoms with Crippen molar-refractivity contribution >= 4 is 17.0 Å². The molecule has 0 saturated carbocycles. The van der Waals surface area contributed by atoms with Gasteiger partial charge >= 0.3 is 0 Å². The van der Waals surface area contributed by atoms with Crippen LogP contribution in [0.25, 0.3) is 11.3 Å². The van der Waals surface area contributed by atoms with E-state index >= 15 is 0 Å². The molecule has 0 spiro atoms. The third kappa shape index (κ3) is 1.87. The predicted octanol–water partition coefficient (Wildman–Crippen LogP) is 3.03. The highest BCUT2D eigenvalue weighted by atomic mass is 32.1. The normalized spacial score (nSPS) is 10.2. The molecule has 0 aliphatic rings. The zero-order chi connectivity index (χ0) is 10.8. The molecule has 1 aromatic heterocycles. The molecule has 0 aliphatic heterocycles. The first-order valence-electron chi connectivity index (χ1n) is 4.32. The van der Waals surface area contributed by atoms with Crippen molar-refractivity contribution in [1.29, 1.82) is 0 Å². The highest BCUT2D eigenvalue weighted by Gasteiger charge is 2.12. The Balaban J connectivity index is 2.52. The lowest BCUT2D eigenvalue weighted by atomic mass is 10.1. The third-order valence-corrected chi connectivity index (χ3v) is 2.72. The van der Waals surface area contributed by atoms with Crippen LogP contribution in [0.15, 0.2) is 29.1 Å². The molecular weight excluding hydrogens is 212 g/mol. The first-order chi connectivity index (χ1) is 7.18. The second-order valence-electron chi connectivity index (χ2n) is 3.13. The average Bonchev–Trinajstić information content (AvgIpc) is 2.71. The minimum Gasteiger partial charge on any atom is -0.258 e. The van der Waals surface area contributed by atoms with E-state index in [1.807, 2.05) is 11.4 Å². The van der Waals surface area contributed by atoms with Gasteiger partial charge in [0.05, 0.1) is 16.1 Å². The van der Waals surface area contributed by atoms with Gasteiger partial charge in [-0.2, -0.15) is 0 Å². The number of aryl methyl sites for hydroxylation is 1. The quantitative estimate of drug-likeness (QED) is 0.577. The zero-order valence-corrected chi connectivity index (χ0v) is 8.82. The Kier molecular flexibility index (Phi) is 2.47. The summed E-state index contributed by atoms with van der Waals surface area (Å²) in [5, 5.41) is 12.6. The predicted molar refractivity (Wildman–Crippen MR) is 58.9 cm³/mol. The number of nitrogens with zero attached hydrogens (tertiary/aromatic N) is 2. The fourth-order valence-corrected chi connectivity index (χ4v) is 1.88. The number of benzene rings is 1. The Labute approximate surface area is 90.4 Å². The van der Waals surface area contributed by atoms with Crippen LogP contribution in [-0.4, -0.2) is 9.91 Å². The summed E-state index contributed by atoms with van der Waals surface area (Å²) in [6, 6.07) is 5.15. The van der Waals surface area contributed by atoms with Crippen LogP contribution in [-0.2, 0) is 0 Å².